The van der Waals surface area contributed by atoms with Crippen molar-refractivity contribution in [2.75, 3.05) is 20.1 Å². The van der Waals surface area contributed by atoms with Crippen LogP contribution in [0.4, 0.5) is 4.79 Å². The van der Waals surface area contributed by atoms with Crippen LogP contribution in [0.1, 0.15) is 44.1 Å². The third-order valence-corrected chi connectivity index (χ3v) is 6.06. The SMILES string of the molecule is CN(CCC(=O)NCCCC[C@H](OC(=O)N[C@@H](CCC(=O)O)C(=O)O)C(=O)O)C(=O)Cc1ccc(I)cc1. The Kier molecular flexibility index (Phi) is 14.7. The molecule has 3 amide bonds. The molecule has 0 saturated heterocycles. The average molecular weight is 649 g/mol. The molecule has 0 radical (unpaired) electrons. The molecule has 5 N–H and O–H groups in total. The molecular weight excluding hydrogens is 617 g/mol. The van der Waals surface area contributed by atoms with Gasteiger partial charge < -0.3 is 35.6 Å². The summed E-state index contributed by atoms with van der Waals surface area (Å²) in [5, 5.41) is 31.6. The first-order valence-corrected chi connectivity index (χ1v) is 12.9. The van der Waals surface area contributed by atoms with Crippen LogP contribution in [0.5, 0.6) is 0 Å². The van der Waals surface area contributed by atoms with Crippen molar-refractivity contribution < 1.29 is 48.8 Å². The van der Waals surface area contributed by atoms with Crippen molar-refractivity contribution in [3.05, 3.63) is 33.4 Å². The van der Waals surface area contributed by atoms with E-state index in [0.29, 0.717) is 6.42 Å². The Morgan fingerprint density at radius 2 is 1.61 bits per heavy atom. The number of rotatable bonds is 17. The van der Waals surface area contributed by atoms with Crippen molar-refractivity contribution in [1.29, 1.82) is 0 Å². The van der Waals surface area contributed by atoms with Gasteiger partial charge in [0.15, 0.2) is 0 Å². The predicted molar refractivity (Wildman–Crippen MR) is 141 cm³/mol. The number of ether oxygens (including phenoxy) is 1. The quantitative estimate of drug-likeness (QED) is 0.122. The van der Waals surface area contributed by atoms with E-state index >= 15 is 0 Å². The zero-order valence-corrected chi connectivity index (χ0v) is 23.0. The van der Waals surface area contributed by atoms with Crippen LogP contribution in [0, 0.1) is 3.57 Å². The van der Waals surface area contributed by atoms with E-state index in [0.717, 1.165) is 9.13 Å². The van der Waals surface area contributed by atoms with Gasteiger partial charge in [-0.15, -0.1) is 0 Å². The minimum atomic E-state index is -1.55. The number of likely N-dealkylation sites (N-methyl/N-ethyl adjacent to an activating group) is 1. The summed E-state index contributed by atoms with van der Waals surface area (Å²) < 4.78 is 5.85. The van der Waals surface area contributed by atoms with Crippen molar-refractivity contribution in [2.24, 2.45) is 0 Å². The lowest BCUT2D eigenvalue weighted by Gasteiger charge is -2.18. The Morgan fingerprint density at radius 1 is 0.947 bits per heavy atom. The molecule has 1 aromatic rings. The second-order valence-corrected chi connectivity index (χ2v) is 9.66. The molecule has 0 fully saturated rings. The molecule has 0 aliphatic heterocycles. The first-order chi connectivity index (χ1) is 17.9. The van der Waals surface area contributed by atoms with Gasteiger partial charge in [0.25, 0.3) is 0 Å². The predicted octanol–water partition coefficient (Wildman–Crippen LogP) is 1.47. The molecule has 13 nitrogen and oxygen atoms in total. The van der Waals surface area contributed by atoms with Crippen LogP contribution in [0.15, 0.2) is 24.3 Å². The molecule has 14 heteroatoms. The number of hydrogen-bond donors (Lipinski definition) is 5. The Bertz CT molecular complexity index is 986. The number of nitrogens with zero attached hydrogens (tertiary/aromatic N) is 1. The van der Waals surface area contributed by atoms with Gasteiger partial charge in [-0.3, -0.25) is 14.4 Å². The molecule has 0 spiro atoms. The molecule has 1 aromatic carbocycles. The summed E-state index contributed by atoms with van der Waals surface area (Å²) in [6.45, 7) is 0.483. The van der Waals surface area contributed by atoms with Gasteiger partial charge >= 0.3 is 24.0 Å². The Labute approximate surface area is 233 Å². The topological polar surface area (TPSA) is 200 Å². The summed E-state index contributed by atoms with van der Waals surface area (Å²) in [5.41, 5.74) is 0.882. The zero-order valence-electron chi connectivity index (χ0n) is 20.9. The van der Waals surface area contributed by atoms with Gasteiger partial charge in [0.2, 0.25) is 17.9 Å². The number of halogens is 1. The summed E-state index contributed by atoms with van der Waals surface area (Å²) in [6.07, 6.45) is -2.82. The number of carbonyl (C=O) groups excluding carboxylic acids is 3. The number of benzene rings is 1. The summed E-state index contributed by atoms with van der Waals surface area (Å²) in [6, 6.07) is 6.04. The lowest BCUT2D eigenvalue weighted by atomic mass is 10.1. The number of carboxylic acids is 3. The summed E-state index contributed by atoms with van der Waals surface area (Å²) in [5.74, 6) is -4.54. The third-order valence-electron chi connectivity index (χ3n) is 5.35. The lowest BCUT2D eigenvalue weighted by Crippen LogP contribution is -2.43. The Balaban J connectivity index is 2.31. The smallest absolute Gasteiger partial charge is 0.408 e. The second-order valence-electron chi connectivity index (χ2n) is 8.41. The minimum Gasteiger partial charge on any atom is -0.481 e. The fourth-order valence-corrected chi connectivity index (χ4v) is 3.50. The van der Waals surface area contributed by atoms with Crippen molar-refractivity contribution in [2.45, 2.75) is 57.1 Å². The molecule has 0 aliphatic carbocycles. The molecule has 2 atom stereocenters. The zero-order chi connectivity index (χ0) is 28.7. The number of aliphatic carboxylic acids is 3. The van der Waals surface area contributed by atoms with E-state index < -0.39 is 49.0 Å². The van der Waals surface area contributed by atoms with E-state index in [1.807, 2.05) is 29.6 Å². The molecule has 38 heavy (non-hydrogen) atoms. The largest absolute Gasteiger partial charge is 0.481 e. The van der Waals surface area contributed by atoms with E-state index in [9.17, 15) is 33.9 Å². The number of hydrogen-bond acceptors (Lipinski definition) is 7. The van der Waals surface area contributed by atoms with Crippen LogP contribution in [-0.4, -0.2) is 88.3 Å². The van der Waals surface area contributed by atoms with Crippen molar-refractivity contribution >= 4 is 58.4 Å². The fourth-order valence-electron chi connectivity index (χ4n) is 3.14. The highest BCUT2D eigenvalue weighted by Crippen LogP contribution is 2.09. The molecule has 0 aromatic heterocycles. The van der Waals surface area contributed by atoms with Crippen LogP contribution in [0.2, 0.25) is 0 Å². The normalized spacial score (nSPS) is 12.1. The molecule has 0 aliphatic rings. The van der Waals surface area contributed by atoms with Gasteiger partial charge in [-0.25, -0.2) is 14.4 Å². The van der Waals surface area contributed by atoms with E-state index in [4.69, 9.17) is 14.9 Å². The summed E-state index contributed by atoms with van der Waals surface area (Å²) in [4.78, 5) is 70.9. The molecule has 210 valence electrons. The van der Waals surface area contributed by atoms with Crippen molar-refractivity contribution in [1.82, 2.24) is 15.5 Å². The highest BCUT2D eigenvalue weighted by molar-refractivity contribution is 14.1. The molecule has 0 heterocycles. The van der Waals surface area contributed by atoms with Gasteiger partial charge in [-0.1, -0.05) is 12.1 Å². The summed E-state index contributed by atoms with van der Waals surface area (Å²) in [7, 11) is 1.62. The van der Waals surface area contributed by atoms with E-state index in [2.05, 4.69) is 27.9 Å². The Morgan fingerprint density at radius 3 is 2.18 bits per heavy atom. The number of amides is 3. The van der Waals surface area contributed by atoms with Gasteiger partial charge in [-0.2, -0.15) is 0 Å². The van der Waals surface area contributed by atoms with Crippen LogP contribution in [0.3, 0.4) is 0 Å². The highest BCUT2D eigenvalue weighted by atomic mass is 127. The van der Waals surface area contributed by atoms with E-state index in [1.54, 1.807) is 7.05 Å². The number of unbranched alkanes of at least 4 members (excludes halogenated alkanes) is 1. The van der Waals surface area contributed by atoms with Crippen LogP contribution in [0.25, 0.3) is 0 Å². The average Bonchev–Trinajstić information content (AvgIpc) is 2.84. The third kappa shape index (κ3) is 13.8. The summed E-state index contributed by atoms with van der Waals surface area (Å²) >= 11 is 2.18. The van der Waals surface area contributed by atoms with E-state index in [-0.39, 0.29) is 50.6 Å². The van der Waals surface area contributed by atoms with Gasteiger partial charge in [0.05, 0.1) is 6.42 Å². The maximum Gasteiger partial charge on any atom is 0.408 e. The number of carbonyl (C=O) groups is 6. The first kappa shape index (κ1) is 32.6. The number of carboxylic acid groups (broad SMARTS) is 3. The van der Waals surface area contributed by atoms with Gasteiger partial charge in [0.1, 0.15) is 6.04 Å². The lowest BCUT2D eigenvalue weighted by molar-refractivity contribution is -0.147. The fraction of sp³-hybridized carbons (Fsp3) is 0.500. The number of alkyl carbamates (subject to hydrolysis) is 1. The maximum absolute atomic E-state index is 12.3. The van der Waals surface area contributed by atoms with Crippen molar-refractivity contribution in [3.63, 3.8) is 0 Å². The van der Waals surface area contributed by atoms with Gasteiger partial charge in [-0.05, 0) is 66.0 Å². The first-order valence-electron chi connectivity index (χ1n) is 11.8. The van der Waals surface area contributed by atoms with Crippen LogP contribution >= 0.6 is 22.6 Å². The Hall–Kier alpha value is -3.43. The molecule has 1 rings (SSSR count). The minimum absolute atomic E-state index is 0.0821. The van der Waals surface area contributed by atoms with Crippen LogP contribution in [-0.2, 0) is 35.1 Å². The molecule has 0 unspecified atom stereocenters. The molecule has 0 saturated carbocycles. The standard InChI is InChI=1S/C24H32IN3O10/c1-28(20(30)14-15-5-7-16(25)8-6-15)13-11-19(29)26-12-3-2-4-18(23(35)36)38-24(37)27-17(22(33)34)9-10-21(31)32/h5-8,17-18H,2-4,9-14H2,1H3,(H,26,29)(H,27,37)(H,31,32)(H,33,34)(H,35,36)/t17-,18-/m0/s1. The monoisotopic (exact) mass is 649 g/mol. The second kappa shape index (κ2) is 17.1. The molecular formula is C24H32IN3O10. The highest BCUT2D eigenvalue weighted by Gasteiger charge is 2.26. The van der Waals surface area contributed by atoms with Crippen molar-refractivity contribution in [3.8, 4) is 0 Å². The van der Waals surface area contributed by atoms with Crippen LogP contribution < -0.4 is 10.6 Å². The number of nitrogens with one attached hydrogen (secondary N) is 2. The maximum atomic E-state index is 12.3. The van der Waals surface area contributed by atoms with Gasteiger partial charge in [0, 0.05) is 36.5 Å². The van der Waals surface area contributed by atoms with E-state index in [1.165, 1.54) is 4.90 Å². The molecule has 0 bridgehead atoms.